The number of nitrogens with zero attached hydrogens (tertiary/aromatic N) is 1. The number of benzene rings is 3. The summed E-state index contributed by atoms with van der Waals surface area (Å²) in [5.74, 6) is -0.270. The van der Waals surface area contributed by atoms with E-state index in [1.54, 1.807) is 12.1 Å². The predicted octanol–water partition coefficient (Wildman–Crippen LogP) is 5.68. The van der Waals surface area contributed by atoms with Crippen molar-refractivity contribution in [3.8, 4) is 0 Å². The summed E-state index contributed by atoms with van der Waals surface area (Å²) in [7, 11) is 0. The first-order chi connectivity index (χ1) is 14.0. The average Bonchev–Trinajstić information content (AvgIpc) is 2.72. The van der Waals surface area contributed by atoms with Crippen molar-refractivity contribution in [1.29, 1.82) is 0 Å². The fourth-order valence-corrected chi connectivity index (χ4v) is 2.86. The van der Waals surface area contributed by atoms with Crippen LogP contribution in [0.2, 0.25) is 0 Å². The smallest absolute Gasteiger partial charge is 0.221 e. The summed E-state index contributed by atoms with van der Waals surface area (Å²) in [6.07, 6.45) is 7.38. The molecule has 5 heteroatoms. The third-order valence-corrected chi connectivity index (χ3v) is 4.23. The molecular formula is C24H21N2O3-. The van der Waals surface area contributed by atoms with Crippen molar-refractivity contribution in [2.75, 3.05) is 10.5 Å². The molecule has 3 aromatic carbocycles. The van der Waals surface area contributed by atoms with Gasteiger partial charge in [-0.05, 0) is 34.4 Å². The first-order valence-electron chi connectivity index (χ1n) is 9.11. The van der Waals surface area contributed by atoms with E-state index in [-0.39, 0.29) is 16.8 Å². The molecule has 0 spiro atoms. The molecule has 0 atom stereocenters. The Bertz CT molecular complexity index is 1030. The second kappa shape index (κ2) is 9.50. The lowest BCUT2D eigenvalue weighted by Crippen LogP contribution is -2.12. The van der Waals surface area contributed by atoms with Gasteiger partial charge < -0.3 is 15.8 Å². The Morgan fingerprint density at radius 1 is 0.862 bits per heavy atom. The molecule has 29 heavy (non-hydrogen) atoms. The Morgan fingerprint density at radius 3 is 1.86 bits per heavy atom. The van der Waals surface area contributed by atoms with Crippen molar-refractivity contribution >= 4 is 41.6 Å². The predicted molar refractivity (Wildman–Crippen MR) is 119 cm³/mol. The van der Waals surface area contributed by atoms with Crippen molar-refractivity contribution in [1.82, 2.24) is 0 Å². The van der Waals surface area contributed by atoms with E-state index in [1.807, 2.05) is 78.9 Å². The molecule has 1 amide bonds. The van der Waals surface area contributed by atoms with Crippen LogP contribution in [0.3, 0.4) is 0 Å². The lowest BCUT2D eigenvalue weighted by atomic mass is 10.0. The minimum absolute atomic E-state index is 0.0396. The second-order valence-electron chi connectivity index (χ2n) is 6.44. The van der Waals surface area contributed by atoms with Gasteiger partial charge in [-0.1, -0.05) is 85.0 Å². The van der Waals surface area contributed by atoms with E-state index < -0.39 is 0 Å². The number of carbonyl (C=O) groups is 1. The molecule has 5 nitrogen and oxygen atoms in total. The fraction of sp³-hybridized carbons (Fsp3) is 0.0417. The van der Waals surface area contributed by atoms with Gasteiger partial charge in [-0.2, -0.15) is 0 Å². The SMILES string of the molecule is CC(=O)Nc1cc(N([O-])O)c(C=Cc2ccccc2)cc1C=Cc1ccccc1. The van der Waals surface area contributed by atoms with Gasteiger partial charge in [-0.25, -0.2) is 0 Å². The molecule has 3 aromatic rings. The van der Waals surface area contributed by atoms with Crippen molar-refractivity contribution in [2.24, 2.45) is 0 Å². The Labute approximate surface area is 169 Å². The van der Waals surface area contributed by atoms with Gasteiger partial charge in [0.2, 0.25) is 5.91 Å². The van der Waals surface area contributed by atoms with Gasteiger partial charge in [-0.15, -0.1) is 0 Å². The number of anilines is 2. The first kappa shape index (κ1) is 20.1. The van der Waals surface area contributed by atoms with E-state index >= 15 is 0 Å². The van der Waals surface area contributed by atoms with Crippen molar-refractivity contribution in [3.05, 3.63) is 100 Å². The Balaban J connectivity index is 2.05. The van der Waals surface area contributed by atoms with Crippen LogP contribution in [0, 0.1) is 5.21 Å². The molecule has 0 radical (unpaired) electrons. The summed E-state index contributed by atoms with van der Waals surface area (Å²) in [5.41, 5.74) is 3.67. The average molecular weight is 385 g/mol. The van der Waals surface area contributed by atoms with Gasteiger partial charge in [-0.3, -0.25) is 10.0 Å². The quantitative estimate of drug-likeness (QED) is 0.423. The standard InChI is InChI=1S/C24H21N2O3/c1-18(27)25-23-17-24(26(28)29)22(15-13-20-10-6-3-7-11-20)16-21(23)14-12-19-8-4-2-5-9-19/h2-17,28H,1H3,(H,25,27)/q-1. The molecular weight excluding hydrogens is 364 g/mol. The number of rotatable bonds is 6. The highest BCUT2D eigenvalue weighted by Crippen LogP contribution is 2.30. The monoisotopic (exact) mass is 385 g/mol. The van der Waals surface area contributed by atoms with Gasteiger partial charge in [0.1, 0.15) is 0 Å². The number of amides is 1. The number of carbonyl (C=O) groups excluding carboxylic acids is 1. The van der Waals surface area contributed by atoms with E-state index in [1.165, 1.54) is 13.0 Å². The highest BCUT2D eigenvalue weighted by Gasteiger charge is 2.09. The van der Waals surface area contributed by atoms with Crippen LogP contribution in [-0.2, 0) is 4.79 Å². The lowest BCUT2D eigenvalue weighted by molar-refractivity contribution is -0.114. The van der Waals surface area contributed by atoms with Gasteiger partial charge >= 0.3 is 0 Å². The van der Waals surface area contributed by atoms with E-state index in [0.717, 1.165) is 11.1 Å². The first-order valence-corrected chi connectivity index (χ1v) is 9.11. The Hall–Kier alpha value is -3.67. The van der Waals surface area contributed by atoms with Gasteiger partial charge in [0.15, 0.2) is 0 Å². The third kappa shape index (κ3) is 5.65. The molecule has 146 valence electrons. The van der Waals surface area contributed by atoms with Crippen molar-refractivity contribution < 1.29 is 10.0 Å². The summed E-state index contributed by atoms with van der Waals surface area (Å²) in [6.45, 7) is 1.39. The molecule has 0 unspecified atom stereocenters. The van der Waals surface area contributed by atoms with E-state index in [2.05, 4.69) is 5.32 Å². The minimum atomic E-state index is -0.270. The maximum Gasteiger partial charge on any atom is 0.221 e. The second-order valence-corrected chi connectivity index (χ2v) is 6.44. The number of hydrogen-bond acceptors (Lipinski definition) is 4. The zero-order valence-corrected chi connectivity index (χ0v) is 15.9. The van der Waals surface area contributed by atoms with Crippen LogP contribution < -0.4 is 10.5 Å². The van der Waals surface area contributed by atoms with Crippen LogP contribution in [0.25, 0.3) is 24.3 Å². The molecule has 0 aliphatic carbocycles. The molecule has 0 saturated heterocycles. The maximum atomic E-state index is 11.7. The summed E-state index contributed by atoms with van der Waals surface area (Å²) in [6, 6.07) is 22.6. The van der Waals surface area contributed by atoms with Crippen LogP contribution in [0.5, 0.6) is 0 Å². The molecule has 0 heterocycles. The third-order valence-electron chi connectivity index (χ3n) is 4.23. The Kier molecular flexibility index (Phi) is 6.58. The molecule has 0 saturated carbocycles. The topological polar surface area (TPSA) is 75.6 Å². The van der Waals surface area contributed by atoms with E-state index in [9.17, 15) is 15.2 Å². The van der Waals surface area contributed by atoms with Crippen molar-refractivity contribution in [2.45, 2.75) is 6.92 Å². The molecule has 0 aromatic heterocycles. The Morgan fingerprint density at radius 2 is 1.38 bits per heavy atom. The highest BCUT2D eigenvalue weighted by molar-refractivity contribution is 5.95. The largest absolute Gasteiger partial charge is 0.733 e. The van der Waals surface area contributed by atoms with Gasteiger partial charge in [0, 0.05) is 6.92 Å². The molecule has 0 aliphatic heterocycles. The van der Waals surface area contributed by atoms with E-state index in [4.69, 9.17) is 0 Å². The highest BCUT2D eigenvalue weighted by atomic mass is 16.8. The van der Waals surface area contributed by atoms with Gasteiger partial charge in [0.05, 0.1) is 11.4 Å². The fourth-order valence-electron chi connectivity index (χ4n) is 2.86. The molecule has 0 fully saturated rings. The number of nitrogens with one attached hydrogen (secondary N) is 1. The van der Waals surface area contributed by atoms with Crippen LogP contribution in [-0.4, -0.2) is 11.1 Å². The molecule has 2 N–H and O–H groups in total. The number of hydrogen-bond donors (Lipinski definition) is 2. The maximum absolute atomic E-state index is 11.7. The van der Waals surface area contributed by atoms with Crippen LogP contribution in [0.1, 0.15) is 29.2 Å². The normalized spacial score (nSPS) is 11.1. The van der Waals surface area contributed by atoms with E-state index in [0.29, 0.717) is 16.8 Å². The molecule has 0 bridgehead atoms. The van der Waals surface area contributed by atoms with Crippen LogP contribution >= 0.6 is 0 Å². The minimum Gasteiger partial charge on any atom is -0.733 e. The zero-order valence-electron chi connectivity index (χ0n) is 15.9. The van der Waals surface area contributed by atoms with Crippen LogP contribution in [0.15, 0.2) is 72.8 Å². The zero-order chi connectivity index (χ0) is 20.6. The van der Waals surface area contributed by atoms with Crippen molar-refractivity contribution in [3.63, 3.8) is 0 Å². The molecule has 3 rings (SSSR count). The van der Waals surface area contributed by atoms with Crippen LogP contribution in [0.4, 0.5) is 11.4 Å². The molecule has 0 aliphatic rings. The summed E-state index contributed by atoms with van der Waals surface area (Å²) < 4.78 is 0. The summed E-state index contributed by atoms with van der Waals surface area (Å²) in [5, 5.41) is 23.8. The lowest BCUT2D eigenvalue weighted by Gasteiger charge is -2.25. The van der Waals surface area contributed by atoms with Gasteiger partial charge in [0.25, 0.3) is 0 Å². The summed E-state index contributed by atoms with van der Waals surface area (Å²) >= 11 is 0. The summed E-state index contributed by atoms with van der Waals surface area (Å²) in [4.78, 5) is 11.6.